The van der Waals surface area contributed by atoms with Gasteiger partial charge >= 0.3 is 29.6 Å². The van der Waals surface area contributed by atoms with Crippen molar-refractivity contribution in [2.75, 3.05) is 12.3 Å². The molecule has 0 fully saturated rings. The molecule has 0 saturated heterocycles. The fraction of sp³-hybridized carbons (Fsp3) is 1.00. The van der Waals surface area contributed by atoms with Crippen LogP contribution in [0.1, 0.15) is 32.6 Å². The molecule has 0 rings (SSSR count). The molecule has 0 heterocycles. The molecule has 0 aromatic rings. The number of hydrogen-bond donors (Lipinski definition) is 2. The first kappa shape index (κ1) is 18.2. The average molecular weight is 248 g/mol. The van der Waals surface area contributed by atoms with Crippen LogP contribution in [0.15, 0.2) is 0 Å². The maximum atomic E-state index is 11.0. The zero-order valence-corrected chi connectivity index (χ0v) is 9.42. The van der Waals surface area contributed by atoms with Crippen LogP contribution in [0.3, 0.4) is 0 Å². The van der Waals surface area contributed by atoms with Gasteiger partial charge in [0.15, 0.2) is 0 Å². The summed E-state index contributed by atoms with van der Waals surface area (Å²) >= 11 is 0. The molecule has 4 N–H and O–H groups in total. The van der Waals surface area contributed by atoms with Crippen molar-refractivity contribution in [3.05, 3.63) is 0 Å². The van der Waals surface area contributed by atoms with E-state index in [2.05, 4.69) is 4.18 Å². The van der Waals surface area contributed by atoms with Crippen molar-refractivity contribution < 1.29 is 12.6 Å². The van der Waals surface area contributed by atoms with E-state index in [4.69, 9.17) is 11.5 Å². The molecule has 0 spiro atoms. The van der Waals surface area contributed by atoms with Crippen LogP contribution in [0.2, 0.25) is 0 Å². The van der Waals surface area contributed by atoms with Gasteiger partial charge in [-0.25, -0.2) is 0 Å². The third-order valence-corrected chi connectivity index (χ3v) is 3.06. The predicted molar refractivity (Wildman–Crippen MR) is 63.2 cm³/mol. The molecule has 0 radical (unpaired) electrons. The first-order chi connectivity index (χ1) is 6.52. The van der Waals surface area contributed by atoms with Crippen LogP contribution in [-0.2, 0) is 14.3 Å². The minimum absolute atomic E-state index is 0. The van der Waals surface area contributed by atoms with Gasteiger partial charge in [0.2, 0.25) is 0 Å². The maximum absolute atomic E-state index is 11.0. The average Bonchev–Trinajstić information content (AvgIpc) is 2.12. The van der Waals surface area contributed by atoms with E-state index in [0.29, 0.717) is 13.0 Å². The van der Waals surface area contributed by atoms with Crippen LogP contribution in [0, 0.1) is 0 Å². The summed E-state index contributed by atoms with van der Waals surface area (Å²) in [6, 6.07) is 0. The molecule has 5 nitrogen and oxygen atoms in total. The van der Waals surface area contributed by atoms with E-state index in [9.17, 15) is 8.42 Å². The van der Waals surface area contributed by atoms with Gasteiger partial charge in [-0.05, 0) is 32.7 Å². The van der Waals surface area contributed by atoms with Crippen molar-refractivity contribution in [2.24, 2.45) is 11.5 Å². The summed E-state index contributed by atoms with van der Waals surface area (Å²) in [6.45, 7) is 2.18. The summed E-state index contributed by atoms with van der Waals surface area (Å²) in [5.74, 6) is -0.0382. The Labute approximate surface area is 114 Å². The molecule has 7 heteroatoms. The topological polar surface area (TPSA) is 95.4 Å². The zero-order chi connectivity index (χ0) is 11.0. The Balaban J connectivity index is 0. The first-order valence-corrected chi connectivity index (χ1v) is 6.46. The zero-order valence-electron chi connectivity index (χ0n) is 8.61. The molecule has 0 aromatic carbocycles. The second-order valence-corrected chi connectivity index (χ2v) is 5.00. The fourth-order valence-corrected chi connectivity index (χ4v) is 1.58. The number of unbranched alkanes of at least 4 members (excludes halogenated alkanes) is 2. The summed E-state index contributed by atoms with van der Waals surface area (Å²) in [5, 5.41) is 0. The molecular weight excluding hydrogens is 227 g/mol. The first-order valence-electron chi connectivity index (χ1n) is 4.88. The van der Waals surface area contributed by atoms with Crippen molar-refractivity contribution in [1.82, 2.24) is 0 Å². The van der Waals surface area contributed by atoms with Crippen molar-refractivity contribution in [1.29, 1.82) is 0 Å². The van der Waals surface area contributed by atoms with E-state index in [1.807, 2.05) is 0 Å². The summed E-state index contributed by atoms with van der Waals surface area (Å²) in [7, 11) is -3.41. The standard InChI is InChI=1S/C8H20N2O3S.Na.H/c1-2-14(11,12)13-8(10)6-4-3-5-7-9;;/h8H,2-7,9-10H2,1H3;;. The number of nitrogens with two attached hydrogens (primary N) is 2. The Bertz CT molecular complexity index is 234. The Morgan fingerprint density at radius 3 is 2.33 bits per heavy atom. The molecule has 0 bridgehead atoms. The van der Waals surface area contributed by atoms with Crippen LogP contribution < -0.4 is 11.5 Å². The molecule has 0 aliphatic heterocycles. The van der Waals surface area contributed by atoms with Gasteiger partial charge in [0.05, 0.1) is 5.75 Å². The molecule has 1 unspecified atom stereocenters. The van der Waals surface area contributed by atoms with Crippen LogP contribution in [0.4, 0.5) is 0 Å². The molecule has 88 valence electrons. The second kappa shape index (κ2) is 10.0. The molecule has 0 aromatic heterocycles. The third kappa shape index (κ3) is 11.1. The van der Waals surface area contributed by atoms with Gasteiger partial charge in [0.25, 0.3) is 10.1 Å². The molecule has 0 amide bonds. The van der Waals surface area contributed by atoms with Gasteiger partial charge in [-0.2, -0.15) is 8.42 Å². The normalized spacial score (nSPS) is 13.3. The molecule has 0 aliphatic rings. The minimum atomic E-state index is -3.41. The van der Waals surface area contributed by atoms with Crippen LogP contribution >= 0.6 is 0 Å². The van der Waals surface area contributed by atoms with Gasteiger partial charge in [-0.1, -0.05) is 6.42 Å². The second-order valence-electron chi connectivity index (χ2n) is 3.12. The molecule has 1 atom stereocenters. The molecular formula is C8H21N2NaO3S. The van der Waals surface area contributed by atoms with Gasteiger partial charge < -0.3 is 11.5 Å². The predicted octanol–water partition coefficient (Wildman–Crippen LogP) is -0.492. The third-order valence-electron chi connectivity index (χ3n) is 1.82. The Morgan fingerprint density at radius 2 is 1.87 bits per heavy atom. The van der Waals surface area contributed by atoms with Crippen molar-refractivity contribution in [2.45, 2.75) is 38.8 Å². The summed E-state index contributed by atoms with van der Waals surface area (Å²) < 4.78 is 26.6. The van der Waals surface area contributed by atoms with E-state index in [1.54, 1.807) is 0 Å². The van der Waals surface area contributed by atoms with Gasteiger partial charge in [-0.3, -0.25) is 4.18 Å². The van der Waals surface area contributed by atoms with Crippen LogP contribution in [0.25, 0.3) is 0 Å². The van der Waals surface area contributed by atoms with Crippen molar-refractivity contribution in [3.8, 4) is 0 Å². The summed E-state index contributed by atoms with van der Waals surface area (Å²) in [5.41, 5.74) is 10.8. The summed E-state index contributed by atoms with van der Waals surface area (Å²) in [4.78, 5) is 0. The van der Waals surface area contributed by atoms with Crippen LogP contribution in [-0.4, -0.2) is 56.5 Å². The van der Waals surface area contributed by atoms with Crippen molar-refractivity contribution >= 4 is 39.7 Å². The monoisotopic (exact) mass is 248 g/mol. The molecule has 0 aliphatic carbocycles. The van der Waals surface area contributed by atoms with E-state index in [-0.39, 0.29) is 35.3 Å². The van der Waals surface area contributed by atoms with Crippen LogP contribution in [0.5, 0.6) is 0 Å². The van der Waals surface area contributed by atoms with Gasteiger partial charge in [-0.15, -0.1) is 0 Å². The van der Waals surface area contributed by atoms with E-state index in [1.165, 1.54) is 6.92 Å². The SMILES string of the molecule is CCS(=O)(=O)OC(N)CCCCCN.[NaH]. The Morgan fingerprint density at radius 1 is 1.27 bits per heavy atom. The van der Waals surface area contributed by atoms with Gasteiger partial charge in [0, 0.05) is 0 Å². The van der Waals surface area contributed by atoms with Gasteiger partial charge in [0.1, 0.15) is 6.23 Å². The number of rotatable bonds is 8. The Kier molecular flexibility index (Phi) is 12.2. The Hall–Kier alpha value is 0.830. The number of hydrogen-bond acceptors (Lipinski definition) is 5. The molecule has 15 heavy (non-hydrogen) atoms. The van der Waals surface area contributed by atoms with E-state index in [0.717, 1.165) is 19.3 Å². The van der Waals surface area contributed by atoms with E-state index < -0.39 is 16.3 Å². The molecule has 0 saturated carbocycles. The fourth-order valence-electron chi connectivity index (χ4n) is 0.971. The van der Waals surface area contributed by atoms with E-state index >= 15 is 0 Å². The quantitative estimate of drug-likeness (QED) is 0.261. The summed E-state index contributed by atoms with van der Waals surface area (Å²) in [6.07, 6.45) is 2.59. The van der Waals surface area contributed by atoms with Crippen molar-refractivity contribution in [3.63, 3.8) is 0 Å².